The number of rotatable bonds is 9. The van der Waals surface area contributed by atoms with Gasteiger partial charge in [-0.25, -0.2) is 0 Å². The zero-order valence-electron chi connectivity index (χ0n) is 15.0. The van der Waals surface area contributed by atoms with E-state index >= 15 is 0 Å². The maximum absolute atomic E-state index is 12.0. The summed E-state index contributed by atoms with van der Waals surface area (Å²) in [6, 6.07) is 15.1. The van der Waals surface area contributed by atoms with Gasteiger partial charge in [0, 0.05) is 24.3 Å². The average molecular weight is 342 g/mol. The Labute approximate surface area is 149 Å². The fourth-order valence-corrected chi connectivity index (χ4v) is 2.27. The van der Waals surface area contributed by atoms with Gasteiger partial charge in [-0.15, -0.1) is 0 Å². The van der Waals surface area contributed by atoms with E-state index in [0.29, 0.717) is 19.6 Å². The van der Waals surface area contributed by atoms with E-state index in [1.165, 1.54) is 0 Å². The molecule has 0 unspecified atom stereocenters. The zero-order valence-corrected chi connectivity index (χ0v) is 15.0. The standard InChI is InChI=1S/C20H26N2O3/c1-4-24-18-9-7-17(8-10-18)22-20(23)13-14-21-16-5-11-19(12-6-16)25-15(2)3/h5-12,15,21H,4,13-14H2,1-3H3,(H,22,23). The summed E-state index contributed by atoms with van der Waals surface area (Å²) in [6.45, 7) is 7.12. The van der Waals surface area contributed by atoms with Crippen molar-refractivity contribution in [3.63, 3.8) is 0 Å². The molecule has 134 valence electrons. The second-order valence-electron chi connectivity index (χ2n) is 5.87. The molecule has 0 saturated heterocycles. The molecule has 0 spiro atoms. The quantitative estimate of drug-likeness (QED) is 0.713. The van der Waals surface area contributed by atoms with Crippen molar-refractivity contribution in [2.45, 2.75) is 33.3 Å². The maximum atomic E-state index is 12.0. The van der Waals surface area contributed by atoms with Gasteiger partial charge in [0.2, 0.25) is 5.91 Å². The maximum Gasteiger partial charge on any atom is 0.226 e. The summed E-state index contributed by atoms with van der Waals surface area (Å²) in [4.78, 5) is 12.0. The highest BCUT2D eigenvalue weighted by Crippen LogP contribution is 2.17. The Morgan fingerprint density at radius 1 is 0.960 bits per heavy atom. The van der Waals surface area contributed by atoms with E-state index in [2.05, 4.69) is 10.6 Å². The highest BCUT2D eigenvalue weighted by molar-refractivity contribution is 5.91. The van der Waals surface area contributed by atoms with Crippen LogP contribution in [0, 0.1) is 0 Å². The number of benzene rings is 2. The molecule has 5 nitrogen and oxygen atoms in total. The van der Waals surface area contributed by atoms with Crippen LogP contribution in [0.25, 0.3) is 0 Å². The first kappa shape index (κ1) is 18.6. The van der Waals surface area contributed by atoms with E-state index in [-0.39, 0.29) is 12.0 Å². The van der Waals surface area contributed by atoms with Gasteiger partial charge in [-0.1, -0.05) is 0 Å². The van der Waals surface area contributed by atoms with Gasteiger partial charge in [0.05, 0.1) is 12.7 Å². The van der Waals surface area contributed by atoms with Gasteiger partial charge in [-0.05, 0) is 69.3 Å². The van der Waals surface area contributed by atoms with Gasteiger partial charge in [0.25, 0.3) is 0 Å². The highest BCUT2D eigenvalue weighted by Gasteiger charge is 2.03. The third kappa shape index (κ3) is 6.75. The Morgan fingerprint density at radius 3 is 2.16 bits per heavy atom. The summed E-state index contributed by atoms with van der Waals surface area (Å²) < 4.78 is 11.0. The minimum absolute atomic E-state index is 0.0311. The van der Waals surface area contributed by atoms with Crippen molar-refractivity contribution in [2.75, 3.05) is 23.8 Å². The predicted octanol–water partition coefficient (Wildman–Crippen LogP) is 4.31. The molecule has 0 aliphatic rings. The van der Waals surface area contributed by atoms with Crippen LogP contribution in [0.1, 0.15) is 27.2 Å². The fourth-order valence-electron chi connectivity index (χ4n) is 2.27. The molecule has 0 fully saturated rings. The molecule has 2 N–H and O–H groups in total. The number of carbonyl (C=O) groups is 1. The third-order valence-electron chi connectivity index (χ3n) is 3.36. The number of hydrogen-bond acceptors (Lipinski definition) is 4. The van der Waals surface area contributed by atoms with Crippen LogP contribution in [0.2, 0.25) is 0 Å². The lowest BCUT2D eigenvalue weighted by molar-refractivity contribution is -0.115. The number of nitrogens with one attached hydrogen (secondary N) is 2. The lowest BCUT2D eigenvalue weighted by Gasteiger charge is -2.11. The van der Waals surface area contributed by atoms with Crippen molar-refractivity contribution in [3.8, 4) is 11.5 Å². The molecule has 5 heteroatoms. The fraction of sp³-hybridized carbons (Fsp3) is 0.350. The molecule has 0 atom stereocenters. The van der Waals surface area contributed by atoms with Crippen molar-refractivity contribution in [1.82, 2.24) is 0 Å². The van der Waals surface area contributed by atoms with E-state index in [9.17, 15) is 4.79 Å². The highest BCUT2D eigenvalue weighted by atomic mass is 16.5. The Kier molecular flexibility index (Phi) is 7.14. The Morgan fingerprint density at radius 2 is 1.56 bits per heavy atom. The van der Waals surface area contributed by atoms with Crippen LogP contribution < -0.4 is 20.1 Å². The van der Waals surface area contributed by atoms with Gasteiger partial charge >= 0.3 is 0 Å². The summed E-state index contributed by atoms with van der Waals surface area (Å²) in [5.74, 6) is 1.61. The van der Waals surface area contributed by atoms with Gasteiger partial charge in [0.1, 0.15) is 11.5 Å². The molecule has 2 rings (SSSR count). The van der Waals surface area contributed by atoms with Crippen LogP contribution in [-0.2, 0) is 4.79 Å². The van der Waals surface area contributed by atoms with Crippen molar-refractivity contribution in [2.24, 2.45) is 0 Å². The number of carbonyl (C=O) groups excluding carboxylic acids is 1. The summed E-state index contributed by atoms with van der Waals surface area (Å²) in [5.41, 5.74) is 1.73. The van der Waals surface area contributed by atoms with Crippen molar-refractivity contribution in [1.29, 1.82) is 0 Å². The second kappa shape index (κ2) is 9.57. The normalized spacial score (nSPS) is 10.4. The molecule has 0 heterocycles. The molecule has 0 radical (unpaired) electrons. The first-order valence-corrected chi connectivity index (χ1v) is 8.60. The van der Waals surface area contributed by atoms with Crippen LogP contribution in [-0.4, -0.2) is 25.2 Å². The van der Waals surface area contributed by atoms with Crippen LogP contribution in [0.15, 0.2) is 48.5 Å². The summed E-state index contributed by atoms with van der Waals surface area (Å²) in [5, 5.41) is 6.11. The Balaban J connectivity index is 1.72. The Hall–Kier alpha value is -2.69. The van der Waals surface area contributed by atoms with Gasteiger partial charge in [-0.2, -0.15) is 0 Å². The van der Waals surface area contributed by atoms with Gasteiger partial charge < -0.3 is 20.1 Å². The van der Waals surface area contributed by atoms with E-state index < -0.39 is 0 Å². The average Bonchev–Trinajstić information content (AvgIpc) is 2.58. The lowest BCUT2D eigenvalue weighted by atomic mass is 10.2. The lowest BCUT2D eigenvalue weighted by Crippen LogP contribution is -2.16. The molecule has 0 saturated carbocycles. The summed E-state index contributed by atoms with van der Waals surface area (Å²) >= 11 is 0. The largest absolute Gasteiger partial charge is 0.494 e. The van der Waals surface area contributed by atoms with E-state index in [1.54, 1.807) is 0 Å². The van der Waals surface area contributed by atoms with Crippen LogP contribution in [0.3, 0.4) is 0 Å². The SMILES string of the molecule is CCOc1ccc(NC(=O)CCNc2ccc(OC(C)C)cc2)cc1. The van der Waals surface area contributed by atoms with Crippen molar-refractivity contribution >= 4 is 17.3 Å². The second-order valence-corrected chi connectivity index (χ2v) is 5.87. The first-order chi connectivity index (χ1) is 12.1. The zero-order chi connectivity index (χ0) is 18.1. The molecule has 0 aromatic heterocycles. The number of ether oxygens (including phenoxy) is 2. The number of hydrogen-bond donors (Lipinski definition) is 2. The van der Waals surface area contributed by atoms with Crippen LogP contribution >= 0.6 is 0 Å². The Bertz CT molecular complexity index is 652. The molecule has 1 amide bonds. The minimum Gasteiger partial charge on any atom is -0.494 e. The van der Waals surface area contributed by atoms with Crippen molar-refractivity contribution < 1.29 is 14.3 Å². The van der Waals surface area contributed by atoms with Gasteiger partial charge in [-0.3, -0.25) is 4.79 Å². The summed E-state index contributed by atoms with van der Waals surface area (Å²) in [6.07, 6.45) is 0.544. The molecule has 0 aliphatic heterocycles. The first-order valence-electron chi connectivity index (χ1n) is 8.60. The van der Waals surface area contributed by atoms with Crippen molar-refractivity contribution in [3.05, 3.63) is 48.5 Å². The van der Waals surface area contributed by atoms with E-state index in [1.807, 2.05) is 69.3 Å². The van der Waals surface area contributed by atoms with E-state index in [0.717, 1.165) is 22.9 Å². The topological polar surface area (TPSA) is 59.6 Å². The molecule has 2 aromatic carbocycles. The number of anilines is 2. The monoisotopic (exact) mass is 342 g/mol. The molecule has 2 aromatic rings. The molecule has 25 heavy (non-hydrogen) atoms. The van der Waals surface area contributed by atoms with E-state index in [4.69, 9.17) is 9.47 Å². The predicted molar refractivity (Wildman–Crippen MR) is 102 cm³/mol. The molecule has 0 aliphatic carbocycles. The third-order valence-corrected chi connectivity index (χ3v) is 3.36. The van der Waals surface area contributed by atoms with Gasteiger partial charge in [0.15, 0.2) is 0 Å². The molecular formula is C20H26N2O3. The number of amides is 1. The minimum atomic E-state index is -0.0311. The molecular weight excluding hydrogens is 316 g/mol. The molecule has 0 bridgehead atoms. The van der Waals surface area contributed by atoms with Crippen LogP contribution in [0.5, 0.6) is 11.5 Å². The smallest absolute Gasteiger partial charge is 0.226 e. The van der Waals surface area contributed by atoms with Crippen LogP contribution in [0.4, 0.5) is 11.4 Å². The summed E-state index contributed by atoms with van der Waals surface area (Å²) in [7, 11) is 0.